The number of halogens is 1. The summed E-state index contributed by atoms with van der Waals surface area (Å²) >= 11 is 6.37. The van der Waals surface area contributed by atoms with E-state index in [1.54, 1.807) is 6.07 Å². The molecule has 0 N–H and O–H groups in total. The van der Waals surface area contributed by atoms with Gasteiger partial charge in [-0.2, -0.15) is 0 Å². The molecular formula is C26H35ClLiO4P. The number of carbonyl (C=O) groups excluding carboxylic acids is 1. The zero-order chi connectivity index (χ0) is 24.5. The van der Waals surface area contributed by atoms with Crippen LogP contribution in [0.25, 0.3) is 0 Å². The zero-order valence-corrected chi connectivity index (χ0v) is 23.5. The van der Waals surface area contributed by atoms with Crippen LogP contribution >= 0.6 is 20.2 Å². The molecule has 33 heavy (non-hydrogen) atoms. The second kappa shape index (κ2) is 11.0. The average molecular weight is 485 g/mol. The predicted molar refractivity (Wildman–Crippen MR) is 135 cm³/mol. The summed E-state index contributed by atoms with van der Waals surface area (Å²) in [7, 11) is 0.415. The van der Waals surface area contributed by atoms with Gasteiger partial charge in [-0.05, 0) is 80.9 Å². The topological polar surface area (TPSA) is 44.8 Å². The van der Waals surface area contributed by atoms with Crippen molar-refractivity contribution in [3.05, 3.63) is 46.5 Å². The molecule has 0 aliphatic carbocycles. The number of hydrogen-bond donors (Lipinski definition) is 0. The van der Waals surface area contributed by atoms with Crippen LogP contribution in [0.2, 0.25) is 5.02 Å². The van der Waals surface area contributed by atoms with Crippen molar-refractivity contribution in [1.82, 2.24) is 0 Å². The van der Waals surface area contributed by atoms with Crippen LogP contribution < -0.4 is 38.4 Å². The molecule has 0 unspecified atom stereocenters. The van der Waals surface area contributed by atoms with Gasteiger partial charge >= 0.3 is 18.9 Å². The molecule has 4 nitrogen and oxygen atoms in total. The molecule has 0 saturated carbocycles. The maximum Gasteiger partial charge on any atom is 1.00 e. The van der Waals surface area contributed by atoms with Crippen molar-refractivity contribution < 1.29 is 37.9 Å². The molecule has 0 radical (unpaired) electrons. The van der Waals surface area contributed by atoms with Gasteiger partial charge < -0.3 is 27.6 Å². The molecule has 0 amide bonds. The Bertz CT molecular complexity index is 928. The fourth-order valence-electron chi connectivity index (χ4n) is 2.96. The molecule has 176 valence electrons. The number of rotatable bonds is 6. The molecule has 0 aliphatic rings. The summed E-state index contributed by atoms with van der Waals surface area (Å²) in [4.78, 5) is 13.4. The van der Waals surface area contributed by atoms with Gasteiger partial charge in [0.25, 0.3) is 0 Å². The third kappa shape index (κ3) is 9.54. The molecule has 0 bridgehead atoms. The van der Waals surface area contributed by atoms with E-state index in [9.17, 15) is 4.79 Å². The zero-order valence-electron chi connectivity index (χ0n) is 21.8. The summed E-state index contributed by atoms with van der Waals surface area (Å²) in [5.41, 5.74) is -0.134. The van der Waals surface area contributed by atoms with Gasteiger partial charge in [0.15, 0.2) is 0 Å². The Morgan fingerprint density at radius 2 is 1.27 bits per heavy atom. The van der Waals surface area contributed by atoms with E-state index in [1.165, 1.54) is 0 Å². The van der Waals surface area contributed by atoms with Crippen LogP contribution in [0.5, 0.6) is 17.2 Å². The number of benzene rings is 2. The molecule has 0 aromatic heterocycles. The van der Waals surface area contributed by atoms with Gasteiger partial charge in [0.1, 0.15) is 34.1 Å². The van der Waals surface area contributed by atoms with Crippen molar-refractivity contribution in [3.63, 3.8) is 0 Å². The molecule has 0 heterocycles. The molecule has 7 heteroatoms. The van der Waals surface area contributed by atoms with E-state index in [0.29, 0.717) is 41.7 Å². The first-order valence-electron chi connectivity index (χ1n) is 10.7. The summed E-state index contributed by atoms with van der Waals surface area (Å²) in [5.74, 6) is 1.73. The van der Waals surface area contributed by atoms with Crippen molar-refractivity contribution in [2.75, 3.05) is 0 Å². The largest absolute Gasteiger partial charge is 1.00 e. The third-order valence-electron chi connectivity index (χ3n) is 3.92. The molecule has 2 aromatic carbocycles. The van der Waals surface area contributed by atoms with Crippen molar-refractivity contribution in [1.29, 1.82) is 0 Å². The molecule has 0 saturated heterocycles. The average Bonchev–Trinajstić information content (AvgIpc) is 2.53. The van der Waals surface area contributed by atoms with E-state index >= 15 is 0 Å². The van der Waals surface area contributed by atoms with E-state index in [1.807, 2.05) is 93.5 Å². The summed E-state index contributed by atoms with van der Waals surface area (Å²) in [6.07, 6.45) is 0. The predicted octanol–water partition coefficient (Wildman–Crippen LogP) is 4.60. The molecule has 0 spiro atoms. The Balaban J connectivity index is 0.00000544. The van der Waals surface area contributed by atoms with Crippen molar-refractivity contribution in [2.45, 2.75) is 86.0 Å². The van der Waals surface area contributed by atoms with Gasteiger partial charge in [-0.3, -0.25) is 0 Å². The van der Waals surface area contributed by atoms with Crippen LogP contribution in [0.15, 0.2) is 30.3 Å². The summed E-state index contributed by atoms with van der Waals surface area (Å²) in [5, 5.41) is 1.09. The smallest absolute Gasteiger partial charge is 0.490 e. The van der Waals surface area contributed by atoms with Crippen LogP contribution in [0.4, 0.5) is 0 Å². The fourth-order valence-corrected chi connectivity index (χ4v) is 4.38. The first-order valence-corrected chi connectivity index (χ1v) is 12.0. The van der Waals surface area contributed by atoms with Gasteiger partial charge in [-0.1, -0.05) is 23.7 Å². The van der Waals surface area contributed by atoms with Gasteiger partial charge in [0.05, 0.1) is 0 Å². The second-order valence-electron chi connectivity index (χ2n) is 10.8. The van der Waals surface area contributed by atoms with E-state index in [4.69, 9.17) is 25.8 Å². The van der Waals surface area contributed by atoms with Crippen LogP contribution in [0.3, 0.4) is 0 Å². The Hall–Kier alpha value is -1.17. The quantitative estimate of drug-likeness (QED) is 0.444. The maximum absolute atomic E-state index is 13.4. The fraction of sp³-hybridized carbons (Fsp3) is 0.500. The summed E-state index contributed by atoms with van der Waals surface area (Å²) in [6, 6.07) is 9.12. The van der Waals surface area contributed by atoms with Crippen molar-refractivity contribution in [3.8, 4) is 17.2 Å². The van der Waals surface area contributed by atoms with Gasteiger partial charge in [0, 0.05) is 28.2 Å². The second-order valence-corrected chi connectivity index (χ2v) is 12.2. The van der Waals surface area contributed by atoms with E-state index in [2.05, 4.69) is 0 Å². The minimum absolute atomic E-state index is 0. The van der Waals surface area contributed by atoms with Crippen LogP contribution in [0.1, 0.15) is 78.2 Å². The minimum Gasteiger partial charge on any atom is -0.490 e. The normalized spacial score (nSPS) is 12.5. The molecule has 0 fully saturated rings. The SMILES string of the molecule is Cc1cccc(Cl)c1C(=O)[P-]c1c(OC(C)(C)C)cc(OC(C)(C)C)cc1OC(C)(C)C.[Li+]. The molecule has 2 aromatic rings. The third-order valence-corrected chi connectivity index (χ3v) is 5.33. The number of carbonyl (C=O) groups is 1. The number of ether oxygens (including phenoxy) is 3. The van der Waals surface area contributed by atoms with E-state index < -0.39 is 16.8 Å². The molecule has 0 aliphatic heterocycles. The first kappa shape index (κ1) is 29.9. The summed E-state index contributed by atoms with van der Waals surface area (Å²) in [6.45, 7) is 19.6. The monoisotopic (exact) mass is 484 g/mol. The van der Waals surface area contributed by atoms with E-state index in [-0.39, 0.29) is 24.4 Å². The Morgan fingerprint density at radius 3 is 1.67 bits per heavy atom. The Labute approximate surface area is 218 Å². The van der Waals surface area contributed by atoms with Crippen LogP contribution in [-0.2, 0) is 0 Å². The van der Waals surface area contributed by atoms with Crippen LogP contribution in [0, 0.1) is 6.92 Å². The van der Waals surface area contributed by atoms with Crippen molar-refractivity contribution >= 4 is 31.0 Å². The minimum atomic E-state index is -0.479. The van der Waals surface area contributed by atoms with E-state index in [0.717, 1.165) is 5.56 Å². The summed E-state index contributed by atoms with van der Waals surface area (Å²) < 4.78 is 18.7. The number of hydrogen-bond acceptors (Lipinski definition) is 4. The van der Waals surface area contributed by atoms with Gasteiger partial charge in [-0.15, -0.1) is 5.30 Å². The Kier molecular flexibility index (Phi) is 10.00. The standard InChI is InChI=1S/C26H35ClO4P.Li/c1-16-12-11-13-18(27)21(16)23(28)32-22-19(30-25(5,6)7)14-17(29-24(2,3)4)15-20(22)31-26(8,9)10;/h11-15H,1-10H3;/q-1;+1. The number of aryl methyl sites for hydroxylation is 1. The molecule has 2 rings (SSSR count). The first-order chi connectivity index (χ1) is 14.5. The maximum atomic E-state index is 13.4. The van der Waals surface area contributed by atoms with Gasteiger partial charge in [0.2, 0.25) is 0 Å². The molecular weight excluding hydrogens is 450 g/mol. The Morgan fingerprint density at radius 1 is 0.818 bits per heavy atom. The molecule has 0 atom stereocenters. The van der Waals surface area contributed by atoms with Crippen LogP contribution in [-0.4, -0.2) is 22.3 Å². The van der Waals surface area contributed by atoms with Gasteiger partial charge in [-0.25, -0.2) is 0 Å². The van der Waals surface area contributed by atoms with Crippen molar-refractivity contribution in [2.24, 2.45) is 0 Å².